The van der Waals surface area contributed by atoms with E-state index in [0.29, 0.717) is 61.5 Å². The number of carbonyl (C=O) groups is 1. The van der Waals surface area contributed by atoms with Gasteiger partial charge < -0.3 is 19.3 Å². The molecule has 7 nitrogen and oxygen atoms in total. The van der Waals surface area contributed by atoms with Crippen molar-refractivity contribution in [2.45, 2.75) is 12.6 Å². The molecule has 2 aliphatic heterocycles. The average molecular weight is 505 g/mol. The molecule has 2 aromatic carbocycles. The third kappa shape index (κ3) is 4.89. The molecule has 5 rings (SSSR count). The van der Waals surface area contributed by atoms with Gasteiger partial charge in [-0.2, -0.15) is 18.2 Å². The van der Waals surface area contributed by atoms with Gasteiger partial charge in [0.15, 0.2) is 0 Å². The van der Waals surface area contributed by atoms with Crippen molar-refractivity contribution in [2.24, 2.45) is 0 Å². The molecule has 0 unspecified atom stereocenters. The fourth-order valence-corrected chi connectivity index (χ4v) is 4.26. The van der Waals surface area contributed by atoms with E-state index in [9.17, 15) is 18.0 Å². The molecule has 0 radical (unpaired) electrons. The zero-order valence-electron chi connectivity index (χ0n) is 18.4. The number of alkyl halides is 3. The van der Waals surface area contributed by atoms with Crippen molar-refractivity contribution >= 4 is 35.0 Å². The van der Waals surface area contributed by atoms with Crippen molar-refractivity contribution in [3.05, 3.63) is 59.1 Å². The summed E-state index contributed by atoms with van der Waals surface area (Å²) < 4.78 is 48.1. The molecule has 3 aromatic rings. The van der Waals surface area contributed by atoms with Gasteiger partial charge in [0.1, 0.15) is 11.6 Å². The number of rotatable bonds is 4. The molecular formula is C24H20ClF3N4O3. The Bertz CT molecular complexity index is 1250. The van der Waals surface area contributed by atoms with E-state index < -0.39 is 12.1 Å². The summed E-state index contributed by atoms with van der Waals surface area (Å²) in [6.07, 6.45) is -4.46. The predicted octanol–water partition coefficient (Wildman–Crippen LogP) is 4.80. The second kappa shape index (κ2) is 9.35. The maximum Gasteiger partial charge on any atom is 0.491 e. The van der Waals surface area contributed by atoms with E-state index >= 15 is 0 Å². The van der Waals surface area contributed by atoms with Crippen LogP contribution in [-0.2, 0) is 16.0 Å². The number of hydrogen-bond acceptors (Lipinski definition) is 7. The largest absolute Gasteiger partial charge is 0.491 e. The van der Waals surface area contributed by atoms with Gasteiger partial charge in [0.25, 0.3) is 0 Å². The van der Waals surface area contributed by atoms with Gasteiger partial charge in [0, 0.05) is 41.5 Å². The highest BCUT2D eigenvalue weighted by Gasteiger charge is 2.41. The van der Waals surface area contributed by atoms with Gasteiger partial charge in [-0.25, -0.2) is 9.78 Å². The van der Waals surface area contributed by atoms with Gasteiger partial charge in [0.2, 0.25) is 5.95 Å². The van der Waals surface area contributed by atoms with Gasteiger partial charge >= 0.3 is 12.1 Å². The molecule has 0 saturated carbocycles. The molecule has 0 N–H and O–H groups in total. The Balaban J connectivity index is 1.58. The van der Waals surface area contributed by atoms with Crippen LogP contribution in [0.1, 0.15) is 5.56 Å². The summed E-state index contributed by atoms with van der Waals surface area (Å²) in [6, 6.07) is 13.4. The third-order valence-electron chi connectivity index (χ3n) is 5.80. The number of morpholine rings is 1. The number of fused-ring (bicyclic) bond motifs is 1. The summed E-state index contributed by atoms with van der Waals surface area (Å²) in [4.78, 5) is 25.1. The van der Waals surface area contributed by atoms with Crippen LogP contribution in [0.2, 0.25) is 5.02 Å². The van der Waals surface area contributed by atoms with Gasteiger partial charge in [0.05, 0.1) is 18.9 Å². The van der Waals surface area contributed by atoms with E-state index in [4.69, 9.17) is 26.3 Å². The SMILES string of the molecule is O=C(Oc1cccc(-c2nc(N3CCOCC3)nc3c2CCN3c2ccc(Cl)cc2)c1)C(F)(F)F. The summed E-state index contributed by atoms with van der Waals surface area (Å²) in [5.74, 6) is -1.26. The first-order valence-corrected chi connectivity index (χ1v) is 11.3. The topological polar surface area (TPSA) is 67.8 Å². The Morgan fingerprint density at radius 1 is 1.03 bits per heavy atom. The number of carbonyl (C=O) groups excluding carboxylic acids is 1. The zero-order chi connectivity index (χ0) is 24.6. The van der Waals surface area contributed by atoms with Crippen molar-refractivity contribution in [3.8, 4) is 17.0 Å². The number of nitrogens with zero attached hydrogens (tertiary/aromatic N) is 4. The number of benzene rings is 2. The van der Waals surface area contributed by atoms with Crippen molar-refractivity contribution in [2.75, 3.05) is 42.6 Å². The molecule has 1 aromatic heterocycles. The fraction of sp³-hybridized carbons (Fsp3) is 0.292. The second-order valence-electron chi connectivity index (χ2n) is 8.07. The molecule has 0 atom stereocenters. The number of anilines is 3. The van der Waals surface area contributed by atoms with E-state index in [1.165, 1.54) is 18.2 Å². The second-order valence-corrected chi connectivity index (χ2v) is 8.50. The maximum atomic E-state index is 12.7. The van der Waals surface area contributed by atoms with Gasteiger partial charge in [-0.15, -0.1) is 0 Å². The lowest BCUT2D eigenvalue weighted by atomic mass is 10.1. The van der Waals surface area contributed by atoms with E-state index in [1.807, 2.05) is 17.0 Å². The van der Waals surface area contributed by atoms with Gasteiger partial charge in [-0.3, -0.25) is 0 Å². The molecule has 0 aliphatic carbocycles. The minimum Gasteiger partial charge on any atom is -0.420 e. The lowest BCUT2D eigenvalue weighted by Crippen LogP contribution is -2.37. The molecular weight excluding hydrogens is 485 g/mol. The van der Waals surface area contributed by atoms with Crippen LogP contribution in [-0.4, -0.2) is 55.0 Å². The Labute approximate surface area is 204 Å². The first-order chi connectivity index (χ1) is 16.8. The average Bonchev–Trinajstić information content (AvgIpc) is 3.28. The maximum absolute atomic E-state index is 12.7. The highest BCUT2D eigenvalue weighted by Crippen LogP contribution is 2.40. The van der Waals surface area contributed by atoms with Crippen molar-refractivity contribution in [1.29, 1.82) is 0 Å². The van der Waals surface area contributed by atoms with Crippen LogP contribution in [0.5, 0.6) is 5.75 Å². The van der Waals surface area contributed by atoms with E-state index in [-0.39, 0.29) is 5.75 Å². The Hall–Kier alpha value is -3.37. The number of halogens is 4. The predicted molar refractivity (Wildman–Crippen MR) is 124 cm³/mol. The summed E-state index contributed by atoms with van der Waals surface area (Å²) in [7, 11) is 0. The molecule has 35 heavy (non-hydrogen) atoms. The lowest BCUT2D eigenvalue weighted by molar-refractivity contribution is -0.189. The number of esters is 1. The van der Waals surface area contributed by atoms with Crippen LogP contribution in [0, 0.1) is 0 Å². The molecule has 2 aliphatic rings. The standard InChI is InChI=1S/C24H20ClF3N4O3/c25-16-4-6-17(7-5-16)32-9-8-19-20(29-23(30-21(19)32)31-10-12-34-13-11-31)15-2-1-3-18(14-15)35-22(33)24(26,27)28/h1-7,14H,8-13H2. The molecule has 0 bridgehead atoms. The van der Waals surface area contributed by atoms with E-state index in [2.05, 4.69) is 9.64 Å². The monoisotopic (exact) mass is 504 g/mol. The molecule has 1 saturated heterocycles. The first kappa shape index (κ1) is 23.4. The Morgan fingerprint density at radius 2 is 1.77 bits per heavy atom. The van der Waals surface area contributed by atoms with Crippen molar-refractivity contribution < 1.29 is 27.4 Å². The number of ether oxygens (including phenoxy) is 2. The van der Waals surface area contributed by atoms with Gasteiger partial charge in [-0.1, -0.05) is 23.7 Å². The molecule has 11 heteroatoms. The zero-order valence-corrected chi connectivity index (χ0v) is 19.1. The molecule has 0 spiro atoms. The Morgan fingerprint density at radius 3 is 2.49 bits per heavy atom. The first-order valence-electron chi connectivity index (χ1n) is 11.0. The van der Waals surface area contributed by atoms with Crippen LogP contribution in [0.15, 0.2) is 48.5 Å². The number of aromatic nitrogens is 2. The van der Waals surface area contributed by atoms with Gasteiger partial charge in [-0.05, 0) is 42.8 Å². The highest BCUT2D eigenvalue weighted by atomic mass is 35.5. The molecule has 1 fully saturated rings. The summed E-state index contributed by atoms with van der Waals surface area (Å²) in [5.41, 5.74) is 2.89. The minimum absolute atomic E-state index is 0.210. The molecule has 0 amide bonds. The normalized spacial score (nSPS) is 15.8. The minimum atomic E-state index is -5.09. The summed E-state index contributed by atoms with van der Waals surface area (Å²) >= 11 is 6.06. The van der Waals surface area contributed by atoms with Crippen LogP contribution in [0.4, 0.5) is 30.6 Å². The smallest absolute Gasteiger partial charge is 0.420 e. The van der Waals surface area contributed by atoms with E-state index in [1.54, 1.807) is 18.2 Å². The van der Waals surface area contributed by atoms with Crippen LogP contribution in [0.25, 0.3) is 11.3 Å². The quantitative estimate of drug-likeness (QED) is 0.373. The van der Waals surface area contributed by atoms with Crippen LogP contribution in [0.3, 0.4) is 0 Å². The summed E-state index contributed by atoms with van der Waals surface area (Å²) in [5, 5.41) is 0.621. The Kier molecular flexibility index (Phi) is 6.24. The molecule has 3 heterocycles. The van der Waals surface area contributed by atoms with E-state index in [0.717, 1.165) is 17.1 Å². The van der Waals surface area contributed by atoms with Crippen LogP contribution >= 0.6 is 11.6 Å². The third-order valence-corrected chi connectivity index (χ3v) is 6.05. The highest BCUT2D eigenvalue weighted by molar-refractivity contribution is 6.30. The molecule has 182 valence electrons. The lowest BCUT2D eigenvalue weighted by Gasteiger charge is -2.28. The van der Waals surface area contributed by atoms with Crippen molar-refractivity contribution in [3.63, 3.8) is 0 Å². The number of hydrogen-bond donors (Lipinski definition) is 0. The fourth-order valence-electron chi connectivity index (χ4n) is 4.13. The summed E-state index contributed by atoms with van der Waals surface area (Å²) in [6.45, 7) is 2.96. The van der Waals surface area contributed by atoms with Crippen molar-refractivity contribution in [1.82, 2.24) is 9.97 Å². The van der Waals surface area contributed by atoms with Crippen LogP contribution < -0.4 is 14.5 Å².